The second-order valence-corrected chi connectivity index (χ2v) is 9.72. The van der Waals surface area contributed by atoms with Crippen LogP contribution in [-0.4, -0.2) is 42.5 Å². The standard InChI is InChI=1S/C28H25N5O2/c1-5-7-16-8-6-9-19-24(16)22-13-23(32(4)26(19)34)25-31-20-11-10-17(12-21(20)33(22)25)18-14-29-27(30-15-18)28(2,3)35/h6,8-12,14-15,22-23,35H,13H2,1-4H3/t22?,23-/m1/s1. The van der Waals surface area contributed by atoms with Gasteiger partial charge in [-0.1, -0.05) is 18.1 Å². The van der Waals surface area contributed by atoms with Gasteiger partial charge >= 0.3 is 0 Å². The molecule has 174 valence electrons. The van der Waals surface area contributed by atoms with E-state index >= 15 is 0 Å². The molecule has 4 heterocycles. The van der Waals surface area contributed by atoms with E-state index < -0.39 is 5.60 Å². The molecule has 0 saturated carbocycles. The minimum atomic E-state index is -1.10. The van der Waals surface area contributed by atoms with E-state index in [9.17, 15) is 9.90 Å². The van der Waals surface area contributed by atoms with Crippen LogP contribution < -0.4 is 0 Å². The lowest BCUT2D eigenvalue weighted by Crippen LogP contribution is -2.30. The number of aliphatic hydroxyl groups is 1. The molecule has 2 aromatic carbocycles. The topological polar surface area (TPSA) is 84.1 Å². The van der Waals surface area contributed by atoms with Crippen molar-refractivity contribution < 1.29 is 9.90 Å². The van der Waals surface area contributed by atoms with Crippen molar-refractivity contribution in [2.75, 3.05) is 7.05 Å². The molecule has 0 aliphatic carbocycles. The molecule has 1 amide bonds. The molecule has 6 rings (SSSR count). The molecule has 0 radical (unpaired) electrons. The average Bonchev–Trinajstić information content (AvgIpc) is 3.36. The van der Waals surface area contributed by atoms with E-state index in [1.165, 1.54) is 0 Å². The van der Waals surface area contributed by atoms with Gasteiger partial charge in [0.05, 0.1) is 23.1 Å². The van der Waals surface area contributed by atoms with Crippen LogP contribution in [0.3, 0.4) is 0 Å². The van der Waals surface area contributed by atoms with Crippen LogP contribution >= 0.6 is 0 Å². The highest BCUT2D eigenvalue weighted by Crippen LogP contribution is 2.48. The zero-order valence-electron chi connectivity index (χ0n) is 20.1. The Labute approximate surface area is 203 Å². The molecule has 2 atom stereocenters. The number of carbonyl (C=O) groups is 1. The predicted octanol–water partition coefficient (Wildman–Crippen LogP) is 4.21. The first-order chi connectivity index (χ1) is 16.8. The minimum Gasteiger partial charge on any atom is -0.382 e. The molecule has 2 aliphatic heterocycles. The van der Waals surface area contributed by atoms with Crippen molar-refractivity contribution in [3.05, 3.63) is 77.1 Å². The van der Waals surface area contributed by atoms with Gasteiger partial charge in [0.25, 0.3) is 5.91 Å². The molecule has 2 aliphatic rings. The molecule has 7 nitrogen and oxygen atoms in total. The van der Waals surface area contributed by atoms with Crippen molar-refractivity contribution >= 4 is 16.9 Å². The summed E-state index contributed by atoms with van der Waals surface area (Å²) in [7, 11) is 1.86. The molecule has 0 saturated heterocycles. The van der Waals surface area contributed by atoms with Crippen LogP contribution in [0.25, 0.3) is 22.2 Å². The number of benzene rings is 2. The number of imidazole rings is 1. The molecule has 2 aromatic heterocycles. The van der Waals surface area contributed by atoms with Crippen molar-refractivity contribution in [2.24, 2.45) is 0 Å². The van der Waals surface area contributed by atoms with E-state index in [1.807, 2.05) is 49.2 Å². The van der Waals surface area contributed by atoms with Gasteiger partial charge in [-0.05, 0) is 50.6 Å². The summed E-state index contributed by atoms with van der Waals surface area (Å²) < 4.78 is 2.28. The van der Waals surface area contributed by atoms with E-state index in [-0.39, 0.29) is 18.0 Å². The average molecular weight is 464 g/mol. The van der Waals surface area contributed by atoms with Crippen molar-refractivity contribution in [3.8, 4) is 23.0 Å². The van der Waals surface area contributed by atoms with Gasteiger partial charge in [0.15, 0.2) is 5.82 Å². The Morgan fingerprint density at radius 1 is 1.09 bits per heavy atom. The van der Waals surface area contributed by atoms with Crippen molar-refractivity contribution in [1.82, 2.24) is 24.4 Å². The molecule has 2 bridgehead atoms. The molecule has 1 N–H and O–H groups in total. The fourth-order valence-corrected chi connectivity index (χ4v) is 5.33. The molecular formula is C28H25N5O2. The number of fused-ring (bicyclic) bond motifs is 9. The molecule has 4 aromatic rings. The minimum absolute atomic E-state index is 0.00953. The third-order valence-corrected chi connectivity index (χ3v) is 7.02. The van der Waals surface area contributed by atoms with Crippen LogP contribution in [-0.2, 0) is 5.60 Å². The Balaban J connectivity index is 1.55. The monoisotopic (exact) mass is 463 g/mol. The Morgan fingerprint density at radius 3 is 2.57 bits per heavy atom. The summed E-state index contributed by atoms with van der Waals surface area (Å²) in [6, 6.07) is 11.8. The summed E-state index contributed by atoms with van der Waals surface area (Å²) >= 11 is 0. The molecular weight excluding hydrogens is 438 g/mol. The van der Waals surface area contributed by atoms with Gasteiger partial charge in [-0.25, -0.2) is 15.0 Å². The summed E-state index contributed by atoms with van der Waals surface area (Å²) in [5, 5.41) is 10.2. The number of hydrogen-bond donors (Lipinski definition) is 1. The highest BCUT2D eigenvalue weighted by atomic mass is 16.3. The van der Waals surface area contributed by atoms with Crippen LogP contribution in [0.4, 0.5) is 0 Å². The first-order valence-corrected chi connectivity index (χ1v) is 11.7. The summed E-state index contributed by atoms with van der Waals surface area (Å²) in [4.78, 5) is 28.9. The maximum absolute atomic E-state index is 13.4. The number of carbonyl (C=O) groups excluding carboxylic acids is 1. The number of amides is 1. The second kappa shape index (κ2) is 7.49. The van der Waals surface area contributed by atoms with Crippen LogP contribution in [0.2, 0.25) is 0 Å². The van der Waals surface area contributed by atoms with Crippen LogP contribution in [0.5, 0.6) is 0 Å². The normalized spacial score (nSPS) is 18.7. The zero-order chi connectivity index (χ0) is 24.5. The highest BCUT2D eigenvalue weighted by Gasteiger charge is 2.44. The Morgan fingerprint density at radius 2 is 1.86 bits per heavy atom. The van der Waals surface area contributed by atoms with Gasteiger partial charge in [-0.3, -0.25) is 4.79 Å². The quantitative estimate of drug-likeness (QED) is 0.450. The maximum Gasteiger partial charge on any atom is 0.254 e. The van der Waals surface area contributed by atoms with Gasteiger partial charge in [0.2, 0.25) is 0 Å². The summed E-state index contributed by atoms with van der Waals surface area (Å²) in [6.45, 7) is 5.15. The smallest absolute Gasteiger partial charge is 0.254 e. The molecule has 35 heavy (non-hydrogen) atoms. The highest BCUT2D eigenvalue weighted by molar-refractivity contribution is 5.98. The van der Waals surface area contributed by atoms with E-state index in [4.69, 9.17) is 4.98 Å². The third-order valence-electron chi connectivity index (χ3n) is 7.02. The Hall–Kier alpha value is -4.02. The molecule has 7 heteroatoms. The molecule has 0 spiro atoms. The summed E-state index contributed by atoms with van der Waals surface area (Å²) in [6.07, 6.45) is 4.25. The number of aromatic nitrogens is 4. The maximum atomic E-state index is 13.4. The van der Waals surface area contributed by atoms with E-state index in [1.54, 1.807) is 26.2 Å². The third kappa shape index (κ3) is 3.17. The predicted molar refractivity (Wildman–Crippen MR) is 133 cm³/mol. The SMILES string of the molecule is CC#Cc1cccc2c1C1C[C@H](c3nc4ccc(-c5cnc(C(C)(C)O)nc5)cc4n31)N(C)C2=O. The van der Waals surface area contributed by atoms with Crippen LogP contribution in [0.15, 0.2) is 48.8 Å². The van der Waals surface area contributed by atoms with Gasteiger partial charge in [0, 0.05) is 48.1 Å². The molecule has 1 unspecified atom stereocenters. The van der Waals surface area contributed by atoms with Gasteiger partial charge in [0.1, 0.15) is 11.4 Å². The second-order valence-electron chi connectivity index (χ2n) is 9.72. The lowest BCUT2D eigenvalue weighted by atomic mass is 9.93. The fraction of sp³-hybridized carbons (Fsp3) is 0.286. The zero-order valence-corrected chi connectivity index (χ0v) is 20.1. The molecule has 0 fully saturated rings. The number of rotatable bonds is 2. The lowest BCUT2D eigenvalue weighted by molar-refractivity contribution is 0.0686. The van der Waals surface area contributed by atoms with Crippen molar-refractivity contribution in [3.63, 3.8) is 0 Å². The first kappa shape index (κ1) is 21.5. The van der Waals surface area contributed by atoms with E-state index in [2.05, 4.69) is 32.4 Å². The van der Waals surface area contributed by atoms with Crippen molar-refractivity contribution in [2.45, 2.75) is 44.9 Å². The van der Waals surface area contributed by atoms with Gasteiger partial charge in [-0.2, -0.15) is 0 Å². The van der Waals surface area contributed by atoms with Crippen LogP contribution in [0, 0.1) is 11.8 Å². The van der Waals surface area contributed by atoms with Crippen molar-refractivity contribution in [1.29, 1.82) is 0 Å². The summed E-state index contributed by atoms with van der Waals surface area (Å²) in [5.41, 5.74) is 5.19. The van der Waals surface area contributed by atoms with Gasteiger partial charge in [-0.15, -0.1) is 5.92 Å². The number of nitrogens with zero attached hydrogens (tertiary/aromatic N) is 5. The lowest BCUT2D eigenvalue weighted by Gasteiger charge is -2.24. The summed E-state index contributed by atoms with van der Waals surface area (Å²) in [5.74, 6) is 7.51. The largest absolute Gasteiger partial charge is 0.382 e. The first-order valence-electron chi connectivity index (χ1n) is 11.7. The Kier molecular flexibility index (Phi) is 4.60. The van der Waals surface area contributed by atoms with E-state index in [0.717, 1.165) is 45.5 Å². The fourth-order valence-electron chi connectivity index (χ4n) is 5.33. The number of hydrogen-bond acceptors (Lipinski definition) is 5. The Bertz CT molecular complexity index is 1570. The van der Waals surface area contributed by atoms with E-state index in [0.29, 0.717) is 11.4 Å². The van der Waals surface area contributed by atoms with Crippen LogP contribution in [0.1, 0.15) is 72.4 Å². The van der Waals surface area contributed by atoms with Gasteiger partial charge < -0.3 is 14.6 Å².